The van der Waals surface area contributed by atoms with Crippen LogP contribution in [0.4, 0.5) is 0 Å². The Morgan fingerprint density at radius 1 is 0.867 bits per heavy atom. The van der Waals surface area contributed by atoms with Gasteiger partial charge >= 0.3 is 0 Å². The van der Waals surface area contributed by atoms with E-state index in [-0.39, 0.29) is 22.8 Å². The number of hydrogen-bond acceptors (Lipinski definition) is 3. The molecular formula is C24H24N2O3S. The van der Waals surface area contributed by atoms with E-state index < -0.39 is 10.0 Å². The van der Waals surface area contributed by atoms with Gasteiger partial charge in [-0.15, -0.1) is 0 Å². The molecule has 1 fully saturated rings. The van der Waals surface area contributed by atoms with E-state index in [1.54, 1.807) is 12.1 Å². The smallest absolute Gasteiger partial charge is 0.251 e. The van der Waals surface area contributed by atoms with Gasteiger partial charge in [-0.05, 0) is 42.2 Å². The summed E-state index contributed by atoms with van der Waals surface area (Å²) < 4.78 is 27.9. The van der Waals surface area contributed by atoms with Gasteiger partial charge in [-0.25, -0.2) is 13.1 Å². The summed E-state index contributed by atoms with van der Waals surface area (Å²) in [4.78, 5) is 12.8. The molecule has 6 heteroatoms. The van der Waals surface area contributed by atoms with Crippen LogP contribution in [-0.2, 0) is 22.0 Å². The molecule has 1 amide bonds. The molecule has 5 nitrogen and oxygen atoms in total. The molecule has 154 valence electrons. The van der Waals surface area contributed by atoms with Crippen LogP contribution >= 0.6 is 0 Å². The molecule has 0 spiro atoms. The molecule has 1 aliphatic rings. The quantitative estimate of drug-likeness (QED) is 0.584. The lowest BCUT2D eigenvalue weighted by molar-refractivity contribution is 0.0949. The van der Waals surface area contributed by atoms with Crippen molar-refractivity contribution in [2.75, 3.05) is 6.54 Å². The number of amides is 1. The normalized spacial score (nSPS) is 14.8. The van der Waals surface area contributed by atoms with Crippen molar-refractivity contribution in [3.8, 4) is 0 Å². The van der Waals surface area contributed by atoms with Crippen molar-refractivity contribution < 1.29 is 13.2 Å². The molecule has 0 aliphatic heterocycles. The van der Waals surface area contributed by atoms with Crippen molar-refractivity contribution in [3.05, 3.63) is 102 Å². The molecule has 0 aromatic heterocycles. The van der Waals surface area contributed by atoms with Gasteiger partial charge in [0.2, 0.25) is 10.0 Å². The number of sulfonamides is 1. The predicted molar refractivity (Wildman–Crippen MR) is 117 cm³/mol. The number of rotatable bonds is 8. The van der Waals surface area contributed by atoms with Crippen molar-refractivity contribution in [2.24, 2.45) is 0 Å². The first-order valence-electron chi connectivity index (χ1n) is 9.96. The zero-order valence-corrected chi connectivity index (χ0v) is 17.4. The lowest BCUT2D eigenvalue weighted by Crippen LogP contribution is -2.32. The largest absolute Gasteiger partial charge is 0.351 e. The molecule has 30 heavy (non-hydrogen) atoms. The molecule has 0 atom stereocenters. The van der Waals surface area contributed by atoms with Crippen LogP contribution in [0.25, 0.3) is 0 Å². The maximum absolute atomic E-state index is 12.7. The Kier molecular flexibility index (Phi) is 5.70. The van der Waals surface area contributed by atoms with E-state index in [1.165, 1.54) is 17.7 Å². The second kappa shape index (κ2) is 8.42. The van der Waals surface area contributed by atoms with E-state index in [4.69, 9.17) is 0 Å². The summed E-state index contributed by atoms with van der Waals surface area (Å²) in [6.07, 6.45) is 2.07. The van der Waals surface area contributed by atoms with Gasteiger partial charge in [0.05, 0.1) is 4.90 Å². The number of carbonyl (C=O) groups is 1. The van der Waals surface area contributed by atoms with E-state index >= 15 is 0 Å². The number of benzene rings is 3. The maximum atomic E-state index is 12.7. The van der Waals surface area contributed by atoms with Crippen LogP contribution in [0.15, 0.2) is 89.8 Å². The Labute approximate surface area is 177 Å². The number of hydrogen-bond donors (Lipinski definition) is 2. The fraction of sp³-hybridized carbons (Fsp3) is 0.208. The summed E-state index contributed by atoms with van der Waals surface area (Å²) in [6, 6.07) is 25.6. The monoisotopic (exact) mass is 420 g/mol. The van der Waals surface area contributed by atoms with Gasteiger partial charge in [0, 0.05) is 24.1 Å². The van der Waals surface area contributed by atoms with Crippen molar-refractivity contribution in [2.45, 2.75) is 29.7 Å². The summed E-state index contributed by atoms with van der Waals surface area (Å²) in [5.41, 5.74) is 2.43. The highest BCUT2D eigenvalue weighted by Crippen LogP contribution is 2.47. The van der Waals surface area contributed by atoms with Crippen LogP contribution in [0, 0.1) is 0 Å². The third-order valence-corrected chi connectivity index (χ3v) is 6.94. The zero-order valence-electron chi connectivity index (χ0n) is 16.5. The molecule has 0 saturated heterocycles. The van der Waals surface area contributed by atoms with Crippen molar-refractivity contribution in [1.29, 1.82) is 0 Å². The molecular weight excluding hydrogens is 396 g/mol. The summed E-state index contributed by atoms with van der Waals surface area (Å²) in [7, 11) is -3.72. The first kappa shape index (κ1) is 20.3. The van der Waals surface area contributed by atoms with Crippen LogP contribution in [0.2, 0.25) is 0 Å². The van der Waals surface area contributed by atoms with Crippen molar-refractivity contribution in [1.82, 2.24) is 10.0 Å². The fourth-order valence-electron chi connectivity index (χ4n) is 3.52. The Bertz CT molecular complexity index is 1130. The standard InChI is InChI=1S/C24H24N2O3S/c27-23(25-18-24(14-15-24)21-11-5-2-6-12-21)20-10-7-13-22(16-20)30(28,29)26-17-19-8-3-1-4-9-19/h1-13,16,26H,14-15,17-18H2,(H,25,27). The summed E-state index contributed by atoms with van der Waals surface area (Å²) in [5, 5.41) is 2.98. The molecule has 1 saturated carbocycles. The van der Waals surface area contributed by atoms with Gasteiger partial charge in [0.25, 0.3) is 5.91 Å². The molecule has 0 unspecified atom stereocenters. The van der Waals surface area contributed by atoms with Gasteiger partial charge in [-0.2, -0.15) is 0 Å². The van der Waals surface area contributed by atoms with Gasteiger partial charge in [0.15, 0.2) is 0 Å². The van der Waals surface area contributed by atoms with Crippen LogP contribution in [0.1, 0.15) is 34.3 Å². The highest BCUT2D eigenvalue weighted by Gasteiger charge is 2.44. The molecule has 1 aliphatic carbocycles. The lowest BCUT2D eigenvalue weighted by Gasteiger charge is -2.17. The van der Waals surface area contributed by atoms with Crippen molar-refractivity contribution in [3.63, 3.8) is 0 Å². The van der Waals surface area contributed by atoms with Crippen LogP contribution in [0.3, 0.4) is 0 Å². The van der Waals surface area contributed by atoms with Gasteiger partial charge in [0.1, 0.15) is 0 Å². The first-order chi connectivity index (χ1) is 14.5. The fourth-order valence-corrected chi connectivity index (χ4v) is 4.59. The van der Waals surface area contributed by atoms with Crippen LogP contribution < -0.4 is 10.0 Å². The predicted octanol–water partition coefficient (Wildman–Crippen LogP) is 3.63. The molecule has 0 radical (unpaired) electrons. The minimum absolute atomic E-state index is 0.00214. The van der Waals surface area contributed by atoms with Crippen LogP contribution in [0.5, 0.6) is 0 Å². The second-order valence-electron chi connectivity index (χ2n) is 7.67. The van der Waals surface area contributed by atoms with Gasteiger partial charge in [-0.3, -0.25) is 4.79 Å². The summed E-state index contributed by atoms with van der Waals surface area (Å²) in [5.74, 6) is -0.266. The van der Waals surface area contributed by atoms with E-state index in [2.05, 4.69) is 22.2 Å². The lowest BCUT2D eigenvalue weighted by atomic mass is 9.96. The molecule has 2 N–H and O–H groups in total. The van der Waals surface area contributed by atoms with E-state index in [9.17, 15) is 13.2 Å². The highest BCUT2D eigenvalue weighted by atomic mass is 32.2. The highest BCUT2D eigenvalue weighted by molar-refractivity contribution is 7.89. The molecule has 3 aromatic carbocycles. The maximum Gasteiger partial charge on any atom is 0.251 e. The Balaban J connectivity index is 1.42. The Morgan fingerprint density at radius 3 is 2.20 bits per heavy atom. The number of carbonyl (C=O) groups excluding carboxylic acids is 1. The summed E-state index contributed by atoms with van der Waals surface area (Å²) >= 11 is 0. The van der Waals surface area contributed by atoms with E-state index in [1.807, 2.05) is 48.5 Å². The van der Waals surface area contributed by atoms with Gasteiger partial charge in [-0.1, -0.05) is 66.7 Å². The molecule has 0 bridgehead atoms. The topological polar surface area (TPSA) is 75.3 Å². The zero-order chi connectivity index (χ0) is 21.0. The third-order valence-electron chi connectivity index (χ3n) is 5.54. The minimum atomic E-state index is -3.72. The molecule has 4 rings (SSSR count). The minimum Gasteiger partial charge on any atom is -0.351 e. The van der Waals surface area contributed by atoms with Gasteiger partial charge < -0.3 is 5.32 Å². The summed E-state index contributed by atoms with van der Waals surface area (Å²) in [6.45, 7) is 0.734. The Morgan fingerprint density at radius 2 is 1.53 bits per heavy atom. The first-order valence-corrected chi connectivity index (χ1v) is 11.4. The van der Waals surface area contributed by atoms with Crippen molar-refractivity contribution >= 4 is 15.9 Å². The molecule has 3 aromatic rings. The van der Waals surface area contributed by atoms with E-state index in [0.717, 1.165) is 18.4 Å². The third kappa shape index (κ3) is 4.61. The molecule has 0 heterocycles. The second-order valence-corrected chi connectivity index (χ2v) is 9.43. The van der Waals surface area contributed by atoms with E-state index in [0.29, 0.717) is 12.1 Å². The number of nitrogens with one attached hydrogen (secondary N) is 2. The average Bonchev–Trinajstić information content (AvgIpc) is 3.59. The SMILES string of the molecule is O=C(NCC1(c2ccccc2)CC1)c1cccc(S(=O)(=O)NCc2ccccc2)c1. The average molecular weight is 421 g/mol. The Hall–Kier alpha value is -2.96. The van der Waals surface area contributed by atoms with Crippen LogP contribution in [-0.4, -0.2) is 20.9 Å².